The molecule has 5 amide bonds. The molecule has 2 bridgehead atoms. The molecule has 3 heterocycles. The summed E-state index contributed by atoms with van der Waals surface area (Å²) in [4.78, 5) is 63.2. The van der Waals surface area contributed by atoms with Crippen LogP contribution >= 0.6 is 0 Å². The van der Waals surface area contributed by atoms with E-state index in [-0.39, 0.29) is 25.2 Å². The van der Waals surface area contributed by atoms with Crippen LogP contribution in [0.15, 0.2) is 55.0 Å². The Morgan fingerprint density at radius 3 is 2.65 bits per heavy atom. The molecule has 3 aliphatic heterocycles. The molecular weight excluding hydrogens is 446 g/mol. The molecule has 2 atom stereocenters. The lowest BCUT2D eigenvalue weighted by molar-refractivity contribution is -0.145. The number of nitrogens with zero attached hydrogens (tertiary/aromatic N) is 4. The van der Waals surface area contributed by atoms with Gasteiger partial charge >= 0.3 is 12.1 Å². The fourth-order valence-electron chi connectivity index (χ4n) is 3.95. The number of piperidine rings is 1. The molecule has 0 saturated carbocycles. The van der Waals surface area contributed by atoms with E-state index in [0.717, 1.165) is 15.4 Å². The van der Waals surface area contributed by atoms with E-state index in [0.29, 0.717) is 19.4 Å². The first kappa shape index (κ1) is 23.3. The quantitative estimate of drug-likeness (QED) is 0.572. The number of benzene rings is 1. The number of amides is 5. The number of carboxylic acid groups (broad SMARTS) is 1. The van der Waals surface area contributed by atoms with E-state index < -0.39 is 30.6 Å². The van der Waals surface area contributed by atoms with E-state index in [9.17, 15) is 19.2 Å². The van der Waals surface area contributed by atoms with E-state index in [1.807, 2.05) is 30.3 Å². The Hall–Kier alpha value is -3.90. The predicted octanol–water partition coefficient (Wildman–Crippen LogP) is 1.24. The van der Waals surface area contributed by atoms with Crippen molar-refractivity contribution in [1.29, 1.82) is 0 Å². The van der Waals surface area contributed by atoms with Gasteiger partial charge in [0.15, 0.2) is 6.61 Å². The second kappa shape index (κ2) is 10.4. The highest BCUT2D eigenvalue weighted by Crippen LogP contribution is 2.30. The van der Waals surface area contributed by atoms with Gasteiger partial charge in [0.25, 0.3) is 11.8 Å². The molecule has 0 aliphatic carbocycles. The molecule has 1 aromatic carbocycles. The van der Waals surface area contributed by atoms with Crippen molar-refractivity contribution < 1.29 is 34.0 Å². The fraction of sp³-hybridized carbons (Fsp3) is 0.364. The maximum atomic E-state index is 12.8. The predicted molar refractivity (Wildman–Crippen MR) is 116 cm³/mol. The van der Waals surface area contributed by atoms with Gasteiger partial charge in [0.2, 0.25) is 0 Å². The largest absolute Gasteiger partial charge is 0.465 e. The van der Waals surface area contributed by atoms with E-state index in [1.165, 1.54) is 34.6 Å². The summed E-state index contributed by atoms with van der Waals surface area (Å²) in [7, 11) is 0. The van der Waals surface area contributed by atoms with Crippen molar-refractivity contribution in [2.24, 2.45) is 0 Å². The molecule has 0 radical (unpaired) electrons. The third-order valence-corrected chi connectivity index (χ3v) is 5.72. The third kappa shape index (κ3) is 5.18. The summed E-state index contributed by atoms with van der Waals surface area (Å²) >= 11 is 0. The SMILES string of the molecule is O=C(NOCC(=O)N1C=CCN(C(=O)O)C=C1)[C@@H]1CC[C@@H]2CN1C(=O)N2OCc1ccccc1. The van der Waals surface area contributed by atoms with Crippen molar-refractivity contribution in [2.75, 3.05) is 19.7 Å². The zero-order chi connectivity index (χ0) is 24.1. The third-order valence-electron chi connectivity index (χ3n) is 5.72. The number of urea groups is 1. The Kier molecular flexibility index (Phi) is 7.09. The molecule has 2 saturated heterocycles. The topological polar surface area (TPSA) is 132 Å². The van der Waals surface area contributed by atoms with Gasteiger partial charge in [-0.05, 0) is 24.5 Å². The van der Waals surface area contributed by atoms with Crippen LogP contribution in [-0.4, -0.2) is 80.6 Å². The zero-order valence-electron chi connectivity index (χ0n) is 18.3. The van der Waals surface area contributed by atoms with E-state index in [2.05, 4.69) is 5.48 Å². The van der Waals surface area contributed by atoms with Crippen LogP contribution in [0.4, 0.5) is 9.59 Å². The van der Waals surface area contributed by atoms with E-state index in [4.69, 9.17) is 14.8 Å². The first-order chi connectivity index (χ1) is 16.4. The average molecular weight is 471 g/mol. The lowest BCUT2D eigenvalue weighted by atomic mass is 10.0. The molecule has 2 fully saturated rings. The van der Waals surface area contributed by atoms with Gasteiger partial charge in [-0.25, -0.2) is 15.1 Å². The molecule has 3 aliphatic rings. The molecule has 34 heavy (non-hydrogen) atoms. The van der Waals surface area contributed by atoms with Crippen LogP contribution in [0, 0.1) is 0 Å². The fourth-order valence-corrected chi connectivity index (χ4v) is 3.95. The Morgan fingerprint density at radius 2 is 1.88 bits per heavy atom. The van der Waals surface area contributed by atoms with Gasteiger partial charge < -0.3 is 10.0 Å². The monoisotopic (exact) mass is 471 g/mol. The number of nitrogens with one attached hydrogen (secondary N) is 1. The van der Waals surface area contributed by atoms with Crippen molar-refractivity contribution in [2.45, 2.75) is 31.5 Å². The normalized spacial score (nSPS) is 21.6. The maximum Gasteiger partial charge on any atom is 0.411 e. The summed E-state index contributed by atoms with van der Waals surface area (Å²) in [5, 5.41) is 10.3. The zero-order valence-corrected chi connectivity index (χ0v) is 18.3. The molecular formula is C22H25N5O7. The molecule has 180 valence electrons. The molecule has 0 unspecified atom stereocenters. The number of hydroxylamine groups is 3. The van der Waals surface area contributed by atoms with E-state index in [1.54, 1.807) is 0 Å². The van der Waals surface area contributed by atoms with Crippen LogP contribution in [0.25, 0.3) is 0 Å². The molecule has 12 heteroatoms. The molecule has 1 aromatic rings. The standard InChI is InChI=1S/C22H25N5O7/c28-19(24-9-4-10-25(12-11-24)22(31)32)15-33-23-20(29)18-8-7-17-13-26(18)21(30)27(17)34-14-16-5-2-1-3-6-16/h1-6,9,11-12,17-18H,7-8,10,13-15H2,(H,23,29)(H,31,32)/t17-,18+/m1/s1. The van der Waals surface area contributed by atoms with Crippen LogP contribution in [0.5, 0.6) is 0 Å². The highest BCUT2D eigenvalue weighted by molar-refractivity contribution is 5.88. The molecule has 2 N–H and O–H groups in total. The Labute approximate surface area is 195 Å². The minimum absolute atomic E-state index is 0.103. The van der Waals surface area contributed by atoms with Crippen LogP contribution in [-0.2, 0) is 25.9 Å². The summed E-state index contributed by atoms with van der Waals surface area (Å²) in [5.74, 6) is -1.04. The van der Waals surface area contributed by atoms with Crippen molar-refractivity contribution in [3.05, 3.63) is 60.6 Å². The van der Waals surface area contributed by atoms with Gasteiger partial charge in [-0.3, -0.25) is 29.1 Å². The van der Waals surface area contributed by atoms with E-state index >= 15 is 0 Å². The lowest BCUT2D eigenvalue weighted by Gasteiger charge is -2.29. The second-order valence-corrected chi connectivity index (χ2v) is 7.94. The molecule has 0 spiro atoms. The number of carbonyl (C=O) groups excluding carboxylic acids is 3. The highest BCUT2D eigenvalue weighted by Gasteiger charge is 2.48. The van der Waals surface area contributed by atoms with Crippen molar-refractivity contribution in [3.8, 4) is 0 Å². The van der Waals surface area contributed by atoms with Crippen LogP contribution < -0.4 is 5.48 Å². The number of fused-ring (bicyclic) bond motifs is 2. The molecule has 12 nitrogen and oxygen atoms in total. The van der Waals surface area contributed by atoms with Gasteiger partial charge in [0.05, 0.1) is 6.04 Å². The Morgan fingerprint density at radius 1 is 1.09 bits per heavy atom. The maximum absolute atomic E-state index is 12.8. The van der Waals surface area contributed by atoms with Gasteiger partial charge in [0.1, 0.15) is 12.6 Å². The van der Waals surface area contributed by atoms with Crippen molar-refractivity contribution in [3.63, 3.8) is 0 Å². The average Bonchev–Trinajstić information content (AvgIpc) is 3.00. The van der Waals surface area contributed by atoms with Gasteiger partial charge in [0, 0.05) is 31.7 Å². The van der Waals surface area contributed by atoms with Gasteiger partial charge in [-0.15, -0.1) is 0 Å². The number of carbonyl (C=O) groups is 4. The Bertz CT molecular complexity index is 999. The van der Waals surface area contributed by atoms with Crippen molar-refractivity contribution in [1.82, 2.24) is 25.2 Å². The highest BCUT2D eigenvalue weighted by atomic mass is 16.7. The first-order valence-electron chi connectivity index (χ1n) is 10.8. The van der Waals surface area contributed by atoms with Gasteiger partial charge in [-0.2, -0.15) is 5.06 Å². The summed E-state index contributed by atoms with van der Waals surface area (Å²) in [6.45, 7) is 0.256. The lowest BCUT2D eigenvalue weighted by Crippen LogP contribution is -2.50. The number of rotatable bonds is 7. The minimum Gasteiger partial charge on any atom is -0.465 e. The summed E-state index contributed by atoms with van der Waals surface area (Å²) in [5.41, 5.74) is 3.18. The molecule has 0 aromatic heterocycles. The molecule has 4 rings (SSSR count). The summed E-state index contributed by atoms with van der Waals surface area (Å²) < 4.78 is 0. The first-order valence-corrected chi connectivity index (χ1v) is 10.8. The number of hydrogen-bond acceptors (Lipinski definition) is 6. The Balaban J connectivity index is 1.25. The smallest absolute Gasteiger partial charge is 0.411 e. The van der Waals surface area contributed by atoms with Gasteiger partial charge in [-0.1, -0.05) is 30.3 Å². The summed E-state index contributed by atoms with van der Waals surface area (Å²) in [6, 6.07) is 8.25. The minimum atomic E-state index is -1.14. The van der Waals surface area contributed by atoms with Crippen LogP contribution in [0.3, 0.4) is 0 Å². The second-order valence-electron chi connectivity index (χ2n) is 7.94. The van der Waals surface area contributed by atoms with Crippen molar-refractivity contribution >= 4 is 23.9 Å². The van der Waals surface area contributed by atoms with Crippen LogP contribution in [0.1, 0.15) is 18.4 Å². The van der Waals surface area contributed by atoms with Crippen LogP contribution in [0.2, 0.25) is 0 Å². The summed E-state index contributed by atoms with van der Waals surface area (Å²) in [6.07, 6.45) is 5.36. The number of hydrogen-bond donors (Lipinski definition) is 2.